The Morgan fingerprint density at radius 3 is 2.52 bits per heavy atom. The van der Waals surface area contributed by atoms with Crippen LogP contribution in [0.2, 0.25) is 0 Å². The number of fused-ring (bicyclic) bond motifs is 1. The molecule has 0 aliphatic carbocycles. The van der Waals surface area contributed by atoms with Crippen molar-refractivity contribution in [3.8, 4) is 0 Å². The van der Waals surface area contributed by atoms with E-state index >= 15 is 0 Å². The number of aryl methyl sites for hydroxylation is 2. The molecule has 2 aromatic heterocycles. The maximum Gasteiger partial charge on any atom is 0.128 e. The van der Waals surface area contributed by atoms with Crippen molar-refractivity contribution in [2.24, 2.45) is 11.8 Å². The van der Waals surface area contributed by atoms with Gasteiger partial charge in [-0.1, -0.05) is 36.4 Å². The number of aromatic nitrogens is 3. The van der Waals surface area contributed by atoms with E-state index < -0.39 is 0 Å². The summed E-state index contributed by atoms with van der Waals surface area (Å²) in [5.41, 5.74) is 4.89. The van der Waals surface area contributed by atoms with Gasteiger partial charge in [0.15, 0.2) is 0 Å². The maximum atomic E-state index is 4.81. The Hall–Kier alpha value is -2.66. The standard InChI is InChI=1S/C24H29N5/c1-17-11-18(2)29(26-17)13-19-9-10-23(25-12-19)28-15-21-14-27(3)24(22(21)16-28)20-7-5-4-6-8-20/h4-12,21-22,24H,13-16H2,1-3H3/t21-,22+,24-/m0/s1. The summed E-state index contributed by atoms with van der Waals surface area (Å²) in [6.07, 6.45) is 2.01. The van der Waals surface area contributed by atoms with E-state index in [1.807, 2.05) is 17.8 Å². The van der Waals surface area contributed by atoms with Crippen LogP contribution < -0.4 is 4.90 Å². The van der Waals surface area contributed by atoms with Crippen LogP contribution in [-0.2, 0) is 6.54 Å². The maximum absolute atomic E-state index is 4.81. The minimum atomic E-state index is 0.511. The lowest BCUT2D eigenvalue weighted by atomic mass is 9.90. The first kappa shape index (κ1) is 18.4. The van der Waals surface area contributed by atoms with Gasteiger partial charge in [0.05, 0.1) is 12.2 Å². The molecule has 5 nitrogen and oxygen atoms in total. The Morgan fingerprint density at radius 1 is 1.00 bits per heavy atom. The minimum absolute atomic E-state index is 0.511. The van der Waals surface area contributed by atoms with E-state index in [-0.39, 0.29) is 0 Å². The summed E-state index contributed by atoms with van der Waals surface area (Å²) < 4.78 is 2.05. The first-order valence-electron chi connectivity index (χ1n) is 10.5. The van der Waals surface area contributed by atoms with Crippen molar-refractivity contribution < 1.29 is 0 Å². The molecule has 150 valence electrons. The van der Waals surface area contributed by atoms with Gasteiger partial charge in [0.25, 0.3) is 0 Å². The van der Waals surface area contributed by atoms with E-state index in [2.05, 4.69) is 77.4 Å². The highest BCUT2D eigenvalue weighted by Crippen LogP contribution is 2.44. The summed E-state index contributed by atoms with van der Waals surface area (Å²) in [6.45, 7) is 8.26. The Labute approximate surface area is 173 Å². The Kier molecular flexibility index (Phi) is 4.63. The molecule has 5 rings (SSSR count). The number of pyridine rings is 1. The van der Waals surface area contributed by atoms with E-state index in [1.54, 1.807) is 0 Å². The van der Waals surface area contributed by atoms with Crippen LogP contribution in [-0.4, -0.2) is 46.3 Å². The molecule has 0 spiro atoms. The van der Waals surface area contributed by atoms with Crippen molar-refractivity contribution in [2.45, 2.75) is 26.4 Å². The summed E-state index contributed by atoms with van der Waals surface area (Å²) in [7, 11) is 2.27. The third-order valence-corrected chi connectivity index (χ3v) is 6.60. The molecule has 0 unspecified atom stereocenters. The smallest absolute Gasteiger partial charge is 0.128 e. The highest BCUT2D eigenvalue weighted by Gasteiger charge is 2.46. The van der Waals surface area contributed by atoms with Gasteiger partial charge in [-0.3, -0.25) is 9.58 Å². The summed E-state index contributed by atoms with van der Waals surface area (Å²) >= 11 is 0. The van der Waals surface area contributed by atoms with Crippen LogP contribution in [0.1, 0.15) is 28.6 Å². The predicted octanol–water partition coefficient (Wildman–Crippen LogP) is 3.68. The molecule has 2 saturated heterocycles. The monoisotopic (exact) mass is 387 g/mol. The summed E-state index contributed by atoms with van der Waals surface area (Å²) in [6, 6.07) is 18.0. The average molecular weight is 388 g/mol. The topological polar surface area (TPSA) is 37.2 Å². The van der Waals surface area contributed by atoms with Crippen molar-refractivity contribution >= 4 is 5.82 Å². The van der Waals surface area contributed by atoms with Crippen LogP contribution in [0.25, 0.3) is 0 Å². The van der Waals surface area contributed by atoms with E-state index in [1.165, 1.54) is 16.8 Å². The fraction of sp³-hybridized carbons (Fsp3) is 0.417. The quantitative estimate of drug-likeness (QED) is 0.684. The second-order valence-electron chi connectivity index (χ2n) is 8.73. The van der Waals surface area contributed by atoms with Gasteiger partial charge in [-0.2, -0.15) is 5.10 Å². The van der Waals surface area contributed by atoms with Gasteiger partial charge in [-0.05, 0) is 50.1 Å². The van der Waals surface area contributed by atoms with Crippen LogP contribution >= 0.6 is 0 Å². The third kappa shape index (κ3) is 3.44. The molecule has 0 N–H and O–H groups in total. The second-order valence-corrected chi connectivity index (χ2v) is 8.73. The van der Waals surface area contributed by atoms with Crippen LogP contribution in [0.15, 0.2) is 54.7 Å². The number of hydrogen-bond donors (Lipinski definition) is 0. The van der Waals surface area contributed by atoms with Crippen molar-refractivity contribution in [3.63, 3.8) is 0 Å². The zero-order valence-corrected chi connectivity index (χ0v) is 17.5. The molecular formula is C24H29N5. The van der Waals surface area contributed by atoms with Crippen molar-refractivity contribution in [3.05, 3.63) is 77.2 Å². The number of rotatable bonds is 4. The SMILES string of the molecule is Cc1cc(C)n(Cc2ccc(N3C[C@@H]4CN(C)[C@@H](c5ccccc5)[C@@H]4C3)nc2)n1. The van der Waals surface area contributed by atoms with Crippen molar-refractivity contribution in [1.29, 1.82) is 0 Å². The summed E-state index contributed by atoms with van der Waals surface area (Å²) in [5.74, 6) is 2.48. The van der Waals surface area contributed by atoms with Crippen LogP contribution in [0.5, 0.6) is 0 Å². The Balaban J connectivity index is 1.30. The van der Waals surface area contributed by atoms with E-state index in [9.17, 15) is 0 Å². The van der Waals surface area contributed by atoms with Gasteiger partial charge in [-0.25, -0.2) is 4.98 Å². The minimum Gasteiger partial charge on any atom is -0.356 e. The van der Waals surface area contributed by atoms with E-state index in [0.717, 1.165) is 37.7 Å². The molecule has 3 aromatic rings. The molecule has 4 heterocycles. The number of nitrogens with zero attached hydrogens (tertiary/aromatic N) is 5. The molecule has 3 atom stereocenters. The lowest BCUT2D eigenvalue weighted by molar-refractivity contribution is 0.280. The summed E-state index contributed by atoms with van der Waals surface area (Å²) in [5, 5.41) is 4.56. The molecule has 0 saturated carbocycles. The molecule has 1 aromatic carbocycles. The van der Waals surface area contributed by atoms with Gasteiger partial charge in [0.2, 0.25) is 0 Å². The molecule has 0 radical (unpaired) electrons. The van der Waals surface area contributed by atoms with Crippen molar-refractivity contribution in [2.75, 3.05) is 31.6 Å². The molecule has 2 aliphatic rings. The fourth-order valence-corrected chi connectivity index (χ4v) is 5.30. The molecule has 29 heavy (non-hydrogen) atoms. The average Bonchev–Trinajstić information content (AvgIpc) is 3.35. The van der Waals surface area contributed by atoms with E-state index in [0.29, 0.717) is 17.9 Å². The third-order valence-electron chi connectivity index (χ3n) is 6.60. The highest BCUT2D eigenvalue weighted by atomic mass is 15.3. The molecule has 0 bridgehead atoms. The number of hydrogen-bond acceptors (Lipinski definition) is 4. The van der Waals surface area contributed by atoms with Gasteiger partial charge < -0.3 is 4.90 Å². The molecule has 0 amide bonds. The lowest BCUT2D eigenvalue weighted by Crippen LogP contribution is -2.29. The molecular weight excluding hydrogens is 358 g/mol. The van der Waals surface area contributed by atoms with Gasteiger partial charge in [-0.15, -0.1) is 0 Å². The second kappa shape index (κ2) is 7.30. The first-order chi connectivity index (χ1) is 14.1. The largest absolute Gasteiger partial charge is 0.356 e. The van der Waals surface area contributed by atoms with Crippen LogP contribution in [0, 0.1) is 25.7 Å². The highest BCUT2D eigenvalue weighted by molar-refractivity contribution is 5.42. The lowest BCUT2D eigenvalue weighted by Gasteiger charge is -2.27. The zero-order chi connectivity index (χ0) is 20.0. The number of likely N-dealkylation sites (tertiary alicyclic amines) is 1. The fourth-order valence-electron chi connectivity index (χ4n) is 5.30. The predicted molar refractivity (Wildman–Crippen MR) is 116 cm³/mol. The van der Waals surface area contributed by atoms with Gasteiger partial charge in [0.1, 0.15) is 5.82 Å². The van der Waals surface area contributed by atoms with Gasteiger partial charge in [0, 0.05) is 43.5 Å². The van der Waals surface area contributed by atoms with Crippen LogP contribution in [0.4, 0.5) is 5.82 Å². The van der Waals surface area contributed by atoms with E-state index in [4.69, 9.17) is 4.98 Å². The number of benzene rings is 1. The Morgan fingerprint density at radius 2 is 1.83 bits per heavy atom. The molecule has 5 heteroatoms. The van der Waals surface area contributed by atoms with Crippen molar-refractivity contribution in [1.82, 2.24) is 19.7 Å². The summed E-state index contributed by atoms with van der Waals surface area (Å²) in [4.78, 5) is 9.82. The normalized spacial score (nSPS) is 24.2. The van der Waals surface area contributed by atoms with Crippen LogP contribution in [0.3, 0.4) is 0 Å². The zero-order valence-electron chi connectivity index (χ0n) is 17.5. The first-order valence-corrected chi connectivity index (χ1v) is 10.5. The molecule has 2 aliphatic heterocycles. The number of anilines is 1. The van der Waals surface area contributed by atoms with Gasteiger partial charge >= 0.3 is 0 Å². The molecule has 2 fully saturated rings. The Bertz CT molecular complexity index is 978.